The molecule has 2 rings (SSSR count). The quantitative estimate of drug-likeness (QED) is 0.762. The third kappa shape index (κ3) is 3.02. The average molecular weight is 208 g/mol. The van der Waals surface area contributed by atoms with Crippen molar-refractivity contribution in [1.82, 2.24) is 20.3 Å². The van der Waals surface area contributed by atoms with Crippen LogP contribution in [0.3, 0.4) is 0 Å². The molecule has 1 saturated carbocycles. The molecule has 4 nitrogen and oxygen atoms in total. The van der Waals surface area contributed by atoms with Gasteiger partial charge >= 0.3 is 0 Å². The average Bonchev–Trinajstić information content (AvgIpc) is 2.97. The fraction of sp³-hybridized carbons (Fsp3) is 0.818. The van der Waals surface area contributed by atoms with Crippen LogP contribution in [0, 0.1) is 5.92 Å². The van der Waals surface area contributed by atoms with Gasteiger partial charge < -0.3 is 5.32 Å². The van der Waals surface area contributed by atoms with Crippen LogP contribution in [0.25, 0.3) is 0 Å². The Kier molecular flexibility index (Phi) is 3.36. The second kappa shape index (κ2) is 4.75. The Morgan fingerprint density at radius 2 is 2.40 bits per heavy atom. The van der Waals surface area contributed by atoms with Crippen molar-refractivity contribution in [3.05, 3.63) is 11.9 Å². The first-order chi connectivity index (χ1) is 7.29. The zero-order valence-electron chi connectivity index (χ0n) is 9.61. The van der Waals surface area contributed by atoms with E-state index in [4.69, 9.17) is 0 Å². The molecule has 0 radical (unpaired) electrons. The van der Waals surface area contributed by atoms with Crippen molar-refractivity contribution in [2.24, 2.45) is 13.0 Å². The lowest BCUT2D eigenvalue weighted by Gasteiger charge is -2.15. The summed E-state index contributed by atoms with van der Waals surface area (Å²) < 4.78 is 1.77. The van der Waals surface area contributed by atoms with Crippen LogP contribution in [-0.4, -0.2) is 27.6 Å². The lowest BCUT2D eigenvalue weighted by molar-refractivity contribution is 0.444. The molecule has 1 N–H and O–H groups in total. The fourth-order valence-electron chi connectivity index (χ4n) is 2.08. The highest BCUT2D eigenvalue weighted by molar-refractivity contribution is 4.95. The molecule has 1 fully saturated rings. The molecule has 1 aromatic rings. The largest absolute Gasteiger partial charge is 0.314 e. The molecule has 1 heterocycles. The molecular formula is C11H20N4. The fourth-order valence-corrected chi connectivity index (χ4v) is 2.08. The van der Waals surface area contributed by atoms with Crippen LogP contribution in [0.15, 0.2) is 6.20 Å². The molecule has 1 aliphatic carbocycles. The topological polar surface area (TPSA) is 42.7 Å². The van der Waals surface area contributed by atoms with Crippen molar-refractivity contribution < 1.29 is 0 Å². The van der Waals surface area contributed by atoms with Crippen LogP contribution >= 0.6 is 0 Å². The molecule has 0 saturated heterocycles. The van der Waals surface area contributed by atoms with E-state index in [-0.39, 0.29) is 0 Å². The van der Waals surface area contributed by atoms with Crippen molar-refractivity contribution in [2.75, 3.05) is 6.54 Å². The normalized spacial score (nSPS) is 18.0. The van der Waals surface area contributed by atoms with E-state index in [1.54, 1.807) is 4.68 Å². The molecule has 0 aliphatic heterocycles. The first-order valence-corrected chi connectivity index (χ1v) is 5.88. The van der Waals surface area contributed by atoms with Gasteiger partial charge in [-0.2, -0.15) is 0 Å². The van der Waals surface area contributed by atoms with Crippen LogP contribution in [0.4, 0.5) is 0 Å². The predicted molar refractivity (Wildman–Crippen MR) is 59.5 cm³/mol. The Hall–Kier alpha value is -0.900. The van der Waals surface area contributed by atoms with E-state index < -0.39 is 0 Å². The van der Waals surface area contributed by atoms with E-state index in [0.29, 0.717) is 6.04 Å². The van der Waals surface area contributed by atoms with E-state index in [1.165, 1.54) is 19.3 Å². The Bertz CT molecular complexity index is 303. The standard InChI is InChI=1S/C11H20N4/c1-3-12-11(9-4-5-9)7-6-10-8-15(2)14-13-10/h8-9,11-12H,3-7H2,1-2H3. The highest BCUT2D eigenvalue weighted by Crippen LogP contribution is 2.34. The van der Waals surface area contributed by atoms with Gasteiger partial charge in [-0.15, -0.1) is 5.10 Å². The highest BCUT2D eigenvalue weighted by atomic mass is 15.4. The van der Waals surface area contributed by atoms with Gasteiger partial charge in [-0.3, -0.25) is 4.68 Å². The van der Waals surface area contributed by atoms with Crippen molar-refractivity contribution in [3.8, 4) is 0 Å². The third-order valence-corrected chi connectivity index (χ3v) is 3.02. The molecule has 84 valence electrons. The smallest absolute Gasteiger partial charge is 0.0827 e. The van der Waals surface area contributed by atoms with Crippen molar-refractivity contribution >= 4 is 0 Å². The Morgan fingerprint density at radius 1 is 1.60 bits per heavy atom. The molecule has 15 heavy (non-hydrogen) atoms. The summed E-state index contributed by atoms with van der Waals surface area (Å²) in [5.41, 5.74) is 1.11. The number of hydrogen-bond acceptors (Lipinski definition) is 3. The van der Waals surface area contributed by atoms with Crippen LogP contribution in [-0.2, 0) is 13.5 Å². The summed E-state index contributed by atoms with van der Waals surface area (Å²) in [6.07, 6.45) is 7.05. The summed E-state index contributed by atoms with van der Waals surface area (Å²) in [6.45, 7) is 3.25. The van der Waals surface area contributed by atoms with Crippen molar-refractivity contribution in [2.45, 2.75) is 38.6 Å². The van der Waals surface area contributed by atoms with E-state index in [2.05, 4.69) is 22.6 Å². The summed E-state index contributed by atoms with van der Waals surface area (Å²) in [5.74, 6) is 0.918. The van der Waals surface area contributed by atoms with Gasteiger partial charge in [0.25, 0.3) is 0 Å². The van der Waals surface area contributed by atoms with Gasteiger partial charge in [0, 0.05) is 19.3 Å². The van der Waals surface area contributed by atoms with Gasteiger partial charge in [0.2, 0.25) is 0 Å². The number of nitrogens with one attached hydrogen (secondary N) is 1. The maximum atomic E-state index is 4.11. The first-order valence-electron chi connectivity index (χ1n) is 5.88. The van der Waals surface area contributed by atoms with Gasteiger partial charge in [-0.1, -0.05) is 12.1 Å². The third-order valence-electron chi connectivity index (χ3n) is 3.02. The molecule has 0 bridgehead atoms. The van der Waals surface area contributed by atoms with E-state index in [1.807, 2.05) is 13.2 Å². The van der Waals surface area contributed by atoms with Crippen LogP contribution in [0.1, 0.15) is 31.9 Å². The summed E-state index contributed by atoms with van der Waals surface area (Å²) in [5, 5.41) is 11.6. The molecular weight excluding hydrogens is 188 g/mol. The van der Waals surface area contributed by atoms with Crippen LogP contribution < -0.4 is 5.32 Å². The minimum atomic E-state index is 0.692. The zero-order valence-corrected chi connectivity index (χ0v) is 9.61. The summed E-state index contributed by atoms with van der Waals surface area (Å²) in [7, 11) is 1.92. The number of aromatic nitrogens is 3. The van der Waals surface area contributed by atoms with Gasteiger partial charge in [-0.25, -0.2) is 0 Å². The number of rotatable bonds is 6. The molecule has 1 aliphatic rings. The SMILES string of the molecule is CCNC(CCc1cn(C)nn1)C1CC1. The monoisotopic (exact) mass is 208 g/mol. The second-order valence-electron chi connectivity index (χ2n) is 4.42. The van der Waals surface area contributed by atoms with Gasteiger partial charge in [0.1, 0.15) is 0 Å². The molecule has 1 atom stereocenters. The minimum Gasteiger partial charge on any atom is -0.314 e. The first kappa shape index (κ1) is 10.6. The summed E-state index contributed by atoms with van der Waals surface area (Å²) in [4.78, 5) is 0. The lowest BCUT2D eigenvalue weighted by Crippen LogP contribution is -2.31. The van der Waals surface area contributed by atoms with Crippen LogP contribution in [0.2, 0.25) is 0 Å². The summed E-state index contributed by atoms with van der Waals surface area (Å²) >= 11 is 0. The predicted octanol–water partition coefficient (Wildman–Crippen LogP) is 1.14. The maximum Gasteiger partial charge on any atom is 0.0827 e. The van der Waals surface area contributed by atoms with Gasteiger partial charge in [0.15, 0.2) is 0 Å². The van der Waals surface area contributed by atoms with E-state index >= 15 is 0 Å². The highest BCUT2D eigenvalue weighted by Gasteiger charge is 2.30. The molecule has 1 aromatic heterocycles. The van der Waals surface area contributed by atoms with E-state index in [9.17, 15) is 0 Å². The maximum absolute atomic E-state index is 4.11. The van der Waals surface area contributed by atoms with Gasteiger partial charge in [0.05, 0.1) is 5.69 Å². The molecule has 4 heteroatoms. The van der Waals surface area contributed by atoms with Crippen molar-refractivity contribution in [3.63, 3.8) is 0 Å². The van der Waals surface area contributed by atoms with Crippen LogP contribution in [0.5, 0.6) is 0 Å². The lowest BCUT2D eigenvalue weighted by atomic mass is 10.1. The Balaban J connectivity index is 1.79. The van der Waals surface area contributed by atoms with Crippen molar-refractivity contribution in [1.29, 1.82) is 0 Å². The van der Waals surface area contributed by atoms with Gasteiger partial charge in [-0.05, 0) is 38.1 Å². The number of hydrogen-bond donors (Lipinski definition) is 1. The molecule has 0 amide bonds. The zero-order chi connectivity index (χ0) is 10.7. The molecule has 0 aromatic carbocycles. The Labute approximate surface area is 91.1 Å². The Morgan fingerprint density at radius 3 is 2.93 bits per heavy atom. The molecule has 1 unspecified atom stereocenters. The minimum absolute atomic E-state index is 0.692. The molecule has 0 spiro atoms. The number of nitrogens with zero attached hydrogens (tertiary/aromatic N) is 3. The second-order valence-corrected chi connectivity index (χ2v) is 4.42. The number of aryl methyl sites for hydroxylation is 2. The van der Waals surface area contributed by atoms with E-state index in [0.717, 1.165) is 24.6 Å². The summed E-state index contributed by atoms with van der Waals surface area (Å²) in [6, 6.07) is 0.692.